The highest BCUT2D eigenvalue weighted by Crippen LogP contribution is 2.40. The van der Waals surface area contributed by atoms with E-state index in [9.17, 15) is 0 Å². The molecule has 0 unspecified atom stereocenters. The quantitative estimate of drug-likeness (QED) is 0.0407. The second-order valence-electron chi connectivity index (χ2n) is 12.1. The maximum Gasteiger partial charge on any atom is 0.143 e. The van der Waals surface area contributed by atoms with Gasteiger partial charge in [-0.25, -0.2) is 0 Å². The summed E-state index contributed by atoms with van der Waals surface area (Å²) in [5.41, 5.74) is 2.45. The van der Waals surface area contributed by atoms with Crippen molar-refractivity contribution in [1.29, 1.82) is 0 Å². The number of hydrogen-bond donors (Lipinski definition) is 0. The second kappa shape index (κ2) is 34.7. The van der Waals surface area contributed by atoms with Crippen LogP contribution in [0.1, 0.15) is 16.7 Å². The van der Waals surface area contributed by atoms with Crippen LogP contribution in [-0.4, -0.2) is 157 Å². The van der Waals surface area contributed by atoms with Crippen LogP contribution in [0.5, 0.6) is 0 Å². The Balaban J connectivity index is 1.04. The van der Waals surface area contributed by atoms with Gasteiger partial charge in [0.2, 0.25) is 0 Å². The fourth-order valence-corrected chi connectivity index (χ4v) is 5.61. The molecule has 0 atom stereocenters. The van der Waals surface area contributed by atoms with Crippen molar-refractivity contribution in [3.8, 4) is 0 Å². The van der Waals surface area contributed by atoms with Gasteiger partial charge in [-0.3, -0.25) is 0 Å². The zero-order chi connectivity index (χ0) is 39.3. The van der Waals surface area contributed by atoms with E-state index < -0.39 is 5.60 Å². The molecule has 0 N–H and O–H groups in total. The molecule has 0 aliphatic rings. The predicted molar refractivity (Wildman–Crippen MR) is 218 cm³/mol. The van der Waals surface area contributed by atoms with Crippen LogP contribution in [0.25, 0.3) is 0 Å². The van der Waals surface area contributed by atoms with E-state index >= 15 is 0 Å². The van der Waals surface area contributed by atoms with Gasteiger partial charge in [0.25, 0.3) is 0 Å². The van der Waals surface area contributed by atoms with Gasteiger partial charge in [0.1, 0.15) is 5.60 Å². The summed E-state index contributed by atoms with van der Waals surface area (Å²) >= 11 is 3.31. The van der Waals surface area contributed by atoms with Gasteiger partial charge >= 0.3 is 0 Å². The van der Waals surface area contributed by atoms with Crippen LogP contribution in [0.3, 0.4) is 0 Å². The summed E-state index contributed by atoms with van der Waals surface area (Å²) in [7, 11) is 0. The number of benzene rings is 3. The van der Waals surface area contributed by atoms with Gasteiger partial charge < -0.3 is 56.8 Å². The van der Waals surface area contributed by atoms with Gasteiger partial charge in [-0.05, 0) is 16.7 Å². The van der Waals surface area contributed by atoms with Gasteiger partial charge in [-0.1, -0.05) is 107 Å². The van der Waals surface area contributed by atoms with Crippen LogP contribution >= 0.6 is 15.9 Å². The normalized spacial score (nSPS) is 11.7. The van der Waals surface area contributed by atoms with Crippen molar-refractivity contribution in [1.82, 2.24) is 0 Å². The number of halogens is 1. The molecule has 0 amide bonds. The van der Waals surface area contributed by atoms with E-state index in [1.807, 2.05) is 54.6 Å². The Hall–Kier alpha value is -2.34. The first-order chi connectivity index (χ1) is 27.9. The maximum absolute atomic E-state index is 6.73. The number of hydrogen-bond acceptors (Lipinski definition) is 12. The van der Waals surface area contributed by atoms with Crippen LogP contribution in [0.2, 0.25) is 0 Å². The molecule has 0 fully saturated rings. The molecule has 56 heavy (non-hydrogen) atoms. The Morgan fingerprint density at radius 2 is 0.464 bits per heavy atom. The number of alkyl halides is 1. The summed E-state index contributed by atoms with van der Waals surface area (Å²) in [5.74, 6) is 0. The molecule has 0 saturated carbocycles. The van der Waals surface area contributed by atoms with E-state index in [1.54, 1.807) is 0 Å². The second-order valence-corrected chi connectivity index (χ2v) is 12.8. The van der Waals surface area contributed by atoms with E-state index in [0.717, 1.165) is 22.0 Å². The molecule has 3 aromatic rings. The lowest BCUT2D eigenvalue weighted by molar-refractivity contribution is -0.0399. The third-order valence-corrected chi connectivity index (χ3v) is 8.35. The molecule has 0 spiro atoms. The van der Waals surface area contributed by atoms with E-state index in [1.165, 1.54) is 0 Å². The van der Waals surface area contributed by atoms with Gasteiger partial charge in [0, 0.05) is 5.33 Å². The molecule has 0 aromatic heterocycles. The average molecular weight is 852 g/mol. The SMILES string of the molecule is BrCCOCCOCCOCCOCCOCCOCCOCCOCCOCCOCCOCCOC(c1ccccc1)(c1ccccc1)c1ccccc1. The summed E-state index contributed by atoms with van der Waals surface area (Å²) in [6, 6.07) is 31.0. The highest BCUT2D eigenvalue weighted by molar-refractivity contribution is 9.09. The molecule has 0 saturated heterocycles. The Morgan fingerprint density at radius 3 is 0.679 bits per heavy atom. The van der Waals surface area contributed by atoms with E-state index in [0.29, 0.717) is 152 Å². The minimum Gasteiger partial charge on any atom is -0.378 e. The van der Waals surface area contributed by atoms with Gasteiger partial charge in [0.05, 0.1) is 152 Å². The van der Waals surface area contributed by atoms with Crippen molar-refractivity contribution in [2.24, 2.45) is 0 Å². The van der Waals surface area contributed by atoms with Crippen LogP contribution in [0, 0.1) is 0 Å². The molecular weight excluding hydrogens is 788 g/mol. The third-order valence-electron chi connectivity index (χ3n) is 8.03. The van der Waals surface area contributed by atoms with Crippen LogP contribution in [-0.2, 0) is 62.4 Å². The molecule has 3 rings (SSSR count). The minimum atomic E-state index is -0.752. The first kappa shape index (κ1) is 48.0. The highest BCUT2D eigenvalue weighted by atomic mass is 79.9. The fourth-order valence-electron chi connectivity index (χ4n) is 5.38. The molecule has 13 heteroatoms. The summed E-state index contributed by atoms with van der Waals surface area (Å²) in [6.07, 6.45) is 0. The topological polar surface area (TPSA) is 111 Å². The van der Waals surface area contributed by atoms with E-state index in [2.05, 4.69) is 52.3 Å². The van der Waals surface area contributed by atoms with Crippen molar-refractivity contribution in [2.45, 2.75) is 5.60 Å². The molecule has 0 aliphatic carbocycles. The largest absolute Gasteiger partial charge is 0.378 e. The lowest BCUT2D eigenvalue weighted by atomic mass is 9.80. The van der Waals surface area contributed by atoms with Gasteiger partial charge in [-0.15, -0.1) is 0 Å². The third kappa shape index (κ3) is 22.0. The monoisotopic (exact) mass is 850 g/mol. The van der Waals surface area contributed by atoms with Gasteiger partial charge in [-0.2, -0.15) is 0 Å². The Kier molecular flexibility index (Phi) is 29.7. The Bertz CT molecular complexity index is 1160. The van der Waals surface area contributed by atoms with Crippen molar-refractivity contribution < 1.29 is 56.8 Å². The molecule has 0 aliphatic heterocycles. The lowest BCUT2D eigenvalue weighted by Crippen LogP contribution is -2.34. The maximum atomic E-state index is 6.73. The van der Waals surface area contributed by atoms with Crippen LogP contribution in [0.15, 0.2) is 91.0 Å². The first-order valence-corrected chi connectivity index (χ1v) is 20.7. The zero-order valence-corrected chi connectivity index (χ0v) is 34.5. The Labute approximate surface area is 342 Å². The summed E-state index contributed by atoms with van der Waals surface area (Å²) < 4.78 is 67.6. The van der Waals surface area contributed by atoms with E-state index in [4.69, 9.17) is 56.8 Å². The number of ether oxygens (including phenoxy) is 12. The van der Waals surface area contributed by atoms with Crippen molar-refractivity contribution in [2.75, 3.05) is 157 Å². The molecule has 12 nitrogen and oxygen atoms in total. The molecule has 3 aromatic carbocycles. The van der Waals surface area contributed by atoms with Crippen LogP contribution in [0.4, 0.5) is 0 Å². The van der Waals surface area contributed by atoms with Crippen molar-refractivity contribution in [3.05, 3.63) is 108 Å². The predicted octanol–water partition coefficient (Wildman–Crippen LogP) is 5.57. The van der Waals surface area contributed by atoms with E-state index in [-0.39, 0.29) is 0 Å². The highest BCUT2D eigenvalue weighted by Gasteiger charge is 2.37. The molecule has 0 bridgehead atoms. The fraction of sp³-hybridized carbons (Fsp3) is 0.581. The first-order valence-electron chi connectivity index (χ1n) is 19.6. The lowest BCUT2D eigenvalue weighted by Gasteiger charge is -2.36. The zero-order valence-electron chi connectivity index (χ0n) is 32.9. The number of rotatable bonds is 39. The van der Waals surface area contributed by atoms with Gasteiger partial charge in [0.15, 0.2) is 0 Å². The molecular formula is C43H63BrO12. The smallest absolute Gasteiger partial charge is 0.143 e. The summed E-state index contributed by atoms with van der Waals surface area (Å²) in [4.78, 5) is 0. The van der Waals surface area contributed by atoms with Crippen molar-refractivity contribution >= 4 is 15.9 Å². The molecule has 0 radical (unpaired) electrons. The standard InChI is InChI=1S/C43H63BrO12/c44-16-17-45-18-19-46-20-21-47-22-23-48-24-25-49-26-27-50-28-29-51-30-31-52-32-33-53-34-35-54-36-37-55-38-39-56-43(40-10-4-1-5-11-40,41-12-6-2-7-13-41)42-14-8-3-9-15-42/h1-15H,16-39H2. The average Bonchev–Trinajstić information content (AvgIpc) is 3.24. The van der Waals surface area contributed by atoms with Crippen LogP contribution < -0.4 is 0 Å². The minimum absolute atomic E-state index is 0.415. The summed E-state index contributed by atoms with van der Waals surface area (Å²) in [5, 5.41) is 0.835. The Morgan fingerprint density at radius 1 is 0.268 bits per heavy atom. The van der Waals surface area contributed by atoms with Crippen molar-refractivity contribution in [3.63, 3.8) is 0 Å². The molecule has 314 valence electrons. The summed E-state index contributed by atoms with van der Waals surface area (Å²) in [6.45, 7) is 11.8. The molecule has 0 heterocycles.